The maximum Gasteiger partial charge on any atom is 0.244 e. The first-order valence-corrected chi connectivity index (χ1v) is 6.69. The van der Waals surface area contributed by atoms with Gasteiger partial charge in [-0.05, 0) is 45.2 Å². The van der Waals surface area contributed by atoms with E-state index in [9.17, 15) is 4.79 Å². The van der Waals surface area contributed by atoms with Crippen LogP contribution in [-0.4, -0.2) is 11.9 Å². The molecule has 1 amide bonds. The van der Waals surface area contributed by atoms with E-state index in [-0.39, 0.29) is 11.9 Å². The molecule has 0 radical (unpaired) electrons. The third-order valence-corrected chi connectivity index (χ3v) is 2.96. The molecule has 1 atom stereocenters. The molecule has 0 aromatic heterocycles. The molecule has 0 aliphatic rings. The van der Waals surface area contributed by atoms with E-state index >= 15 is 0 Å². The van der Waals surface area contributed by atoms with Crippen LogP contribution in [0.3, 0.4) is 0 Å². The van der Waals surface area contributed by atoms with Crippen LogP contribution >= 0.6 is 0 Å². The Morgan fingerprint density at radius 2 is 2.05 bits per heavy atom. The monoisotopic (exact) mass is 257 g/mol. The van der Waals surface area contributed by atoms with E-state index in [0.717, 1.165) is 6.42 Å². The maximum atomic E-state index is 11.6. The van der Waals surface area contributed by atoms with E-state index in [1.54, 1.807) is 12.2 Å². The molecule has 1 unspecified atom stereocenters. The van der Waals surface area contributed by atoms with Gasteiger partial charge < -0.3 is 5.32 Å². The van der Waals surface area contributed by atoms with Crippen LogP contribution < -0.4 is 5.32 Å². The van der Waals surface area contributed by atoms with Crippen molar-refractivity contribution in [1.29, 1.82) is 0 Å². The van der Waals surface area contributed by atoms with Gasteiger partial charge in [0, 0.05) is 12.1 Å². The van der Waals surface area contributed by atoms with Crippen molar-refractivity contribution in [3.05, 3.63) is 59.2 Å². The lowest BCUT2D eigenvalue weighted by atomic mass is 10.00. The standard InChI is InChI=1S/C17H23NO/c1-5-6-7-8-17(19)18-15(4)12-16-10-9-13(2)11-14(16)3/h5-11,15H,12H2,1-4H3,(H,18,19)/b6-5+,8-7+. The van der Waals surface area contributed by atoms with Gasteiger partial charge in [-0.25, -0.2) is 0 Å². The number of allylic oxidation sites excluding steroid dienone is 3. The Kier molecular flexibility index (Phi) is 6.07. The van der Waals surface area contributed by atoms with E-state index in [1.807, 2.05) is 26.0 Å². The number of carbonyl (C=O) groups is 1. The second-order valence-corrected chi connectivity index (χ2v) is 4.93. The van der Waals surface area contributed by atoms with Crippen molar-refractivity contribution in [1.82, 2.24) is 5.32 Å². The fourth-order valence-corrected chi connectivity index (χ4v) is 2.00. The minimum atomic E-state index is -0.0460. The van der Waals surface area contributed by atoms with Gasteiger partial charge in [0.25, 0.3) is 0 Å². The summed E-state index contributed by atoms with van der Waals surface area (Å²) in [4.78, 5) is 11.6. The summed E-state index contributed by atoms with van der Waals surface area (Å²) in [6, 6.07) is 6.56. The highest BCUT2D eigenvalue weighted by atomic mass is 16.1. The van der Waals surface area contributed by atoms with Gasteiger partial charge in [-0.2, -0.15) is 0 Å². The second kappa shape index (κ2) is 7.57. The lowest BCUT2D eigenvalue weighted by molar-refractivity contribution is -0.117. The summed E-state index contributed by atoms with van der Waals surface area (Å²) in [6.07, 6.45) is 7.89. The third-order valence-electron chi connectivity index (χ3n) is 2.96. The van der Waals surface area contributed by atoms with E-state index < -0.39 is 0 Å². The topological polar surface area (TPSA) is 29.1 Å². The quantitative estimate of drug-likeness (QED) is 0.635. The first kappa shape index (κ1) is 15.2. The van der Waals surface area contributed by atoms with Crippen LogP contribution in [0.2, 0.25) is 0 Å². The number of nitrogens with one attached hydrogen (secondary N) is 1. The smallest absolute Gasteiger partial charge is 0.244 e. The van der Waals surface area contributed by atoms with E-state index in [2.05, 4.69) is 37.4 Å². The molecule has 0 saturated carbocycles. The molecule has 102 valence electrons. The van der Waals surface area contributed by atoms with Gasteiger partial charge in [-0.15, -0.1) is 0 Å². The molecule has 1 aromatic carbocycles. The summed E-state index contributed by atoms with van der Waals surface area (Å²) in [5.41, 5.74) is 3.84. The molecule has 2 heteroatoms. The van der Waals surface area contributed by atoms with E-state index in [4.69, 9.17) is 0 Å². The van der Waals surface area contributed by atoms with Gasteiger partial charge in [0.1, 0.15) is 0 Å². The number of hydrogen-bond acceptors (Lipinski definition) is 1. The minimum Gasteiger partial charge on any atom is -0.350 e. The predicted octanol–water partition coefficient (Wildman–Crippen LogP) is 3.48. The Morgan fingerprint density at radius 3 is 2.68 bits per heavy atom. The van der Waals surface area contributed by atoms with E-state index in [0.29, 0.717) is 0 Å². The molecule has 1 aromatic rings. The van der Waals surface area contributed by atoms with Crippen LogP contribution in [0.15, 0.2) is 42.5 Å². The Hall–Kier alpha value is -1.83. The first-order chi connectivity index (χ1) is 9.02. The fraction of sp³-hybridized carbons (Fsp3) is 0.353. The maximum absolute atomic E-state index is 11.6. The average molecular weight is 257 g/mol. The van der Waals surface area contributed by atoms with Crippen LogP contribution in [0.25, 0.3) is 0 Å². The summed E-state index contributed by atoms with van der Waals surface area (Å²) >= 11 is 0. The molecule has 1 rings (SSSR count). The zero-order valence-electron chi connectivity index (χ0n) is 12.2. The molecule has 19 heavy (non-hydrogen) atoms. The summed E-state index contributed by atoms with van der Waals surface area (Å²) < 4.78 is 0. The SMILES string of the molecule is C/C=C/C=C/C(=O)NC(C)Cc1ccc(C)cc1C. The fourth-order valence-electron chi connectivity index (χ4n) is 2.00. The third kappa shape index (κ3) is 5.56. The number of carbonyl (C=O) groups excluding carboxylic acids is 1. The molecule has 0 aliphatic carbocycles. The molecule has 0 aliphatic heterocycles. The van der Waals surface area contributed by atoms with Crippen LogP contribution in [-0.2, 0) is 11.2 Å². The number of amides is 1. The molecular weight excluding hydrogens is 234 g/mol. The van der Waals surface area contributed by atoms with Crippen LogP contribution in [0.4, 0.5) is 0 Å². The average Bonchev–Trinajstić information content (AvgIpc) is 2.33. The van der Waals surface area contributed by atoms with Gasteiger partial charge in [-0.1, -0.05) is 42.0 Å². The van der Waals surface area contributed by atoms with Crippen LogP contribution in [0.5, 0.6) is 0 Å². The van der Waals surface area contributed by atoms with E-state index in [1.165, 1.54) is 16.7 Å². The van der Waals surface area contributed by atoms with Crippen LogP contribution in [0, 0.1) is 13.8 Å². The van der Waals surface area contributed by atoms with Gasteiger partial charge in [-0.3, -0.25) is 4.79 Å². The molecule has 0 heterocycles. The number of rotatable bonds is 5. The zero-order chi connectivity index (χ0) is 14.3. The normalized spacial score (nSPS) is 13.1. The van der Waals surface area contributed by atoms with Gasteiger partial charge >= 0.3 is 0 Å². The van der Waals surface area contributed by atoms with Crippen molar-refractivity contribution in [2.75, 3.05) is 0 Å². The molecule has 0 fully saturated rings. The lowest BCUT2D eigenvalue weighted by Gasteiger charge is -2.14. The largest absolute Gasteiger partial charge is 0.350 e. The Labute approximate surface area is 116 Å². The summed E-state index contributed by atoms with van der Waals surface area (Å²) in [6.45, 7) is 8.16. The van der Waals surface area contributed by atoms with Crippen molar-refractivity contribution >= 4 is 5.91 Å². The number of benzene rings is 1. The summed E-state index contributed by atoms with van der Waals surface area (Å²) in [7, 11) is 0. The Balaban J connectivity index is 2.55. The molecule has 0 saturated heterocycles. The highest BCUT2D eigenvalue weighted by molar-refractivity contribution is 5.87. The van der Waals surface area contributed by atoms with Gasteiger partial charge in [0.05, 0.1) is 0 Å². The molecular formula is C17H23NO. The Bertz CT molecular complexity index is 486. The first-order valence-electron chi connectivity index (χ1n) is 6.69. The zero-order valence-corrected chi connectivity index (χ0v) is 12.2. The molecule has 0 bridgehead atoms. The highest BCUT2D eigenvalue weighted by Gasteiger charge is 2.07. The predicted molar refractivity (Wildman–Crippen MR) is 81.2 cm³/mol. The molecule has 1 N–H and O–H groups in total. The van der Waals surface area contributed by atoms with Crippen molar-refractivity contribution in [3.63, 3.8) is 0 Å². The lowest BCUT2D eigenvalue weighted by Crippen LogP contribution is -2.32. The van der Waals surface area contributed by atoms with Crippen molar-refractivity contribution in [2.24, 2.45) is 0 Å². The highest BCUT2D eigenvalue weighted by Crippen LogP contribution is 2.12. The Morgan fingerprint density at radius 1 is 1.32 bits per heavy atom. The number of aryl methyl sites for hydroxylation is 2. The van der Waals surface area contributed by atoms with Crippen molar-refractivity contribution < 1.29 is 4.79 Å². The van der Waals surface area contributed by atoms with Gasteiger partial charge in [0.15, 0.2) is 0 Å². The van der Waals surface area contributed by atoms with Crippen molar-refractivity contribution in [3.8, 4) is 0 Å². The number of hydrogen-bond donors (Lipinski definition) is 1. The minimum absolute atomic E-state index is 0.0460. The van der Waals surface area contributed by atoms with Gasteiger partial charge in [0.2, 0.25) is 5.91 Å². The second-order valence-electron chi connectivity index (χ2n) is 4.93. The van der Waals surface area contributed by atoms with Crippen LogP contribution in [0.1, 0.15) is 30.5 Å². The summed E-state index contributed by atoms with van der Waals surface area (Å²) in [5, 5.41) is 2.97. The van der Waals surface area contributed by atoms with Crippen molar-refractivity contribution in [2.45, 2.75) is 40.2 Å². The molecule has 0 spiro atoms. The molecule has 2 nitrogen and oxygen atoms in total. The summed E-state index contributed by atoms with van der Waals surface area (Å²) in [5.74, 6) is -0.0460.